The van der Waals surface area contributed by atoms with Crippen LogP contribution in [0.4, 0.5) is 0 Å². The molecule has 0 radical (unpaired) electrons. The highest BCUT2D eigenvalue weighted by atomic mass is 16.3. The summed E-state index contributed by atoms with van der Waals surface area (Å²) in [5, 5.41) is 9.08. The highest BCUT2D eigenvalue weighted by molar-refractivity contribution is 4.91. The van der Waals surface area contributed by atoms with Crippen molar-refractivity contribution in [2.24, 2.45) is 0 Å². The zero-order chi connectivity index (χ0) is 9.35. The van der Waals surface area contributed by atoms with Crippen LogP contribution in [0.15, 0.2) is 0 Å². The molecular formula is C9H20N2O. The molecule has 72 valence electrons. The standard InChI is InChI=1S/C9H20N2O/c1-9(2)7-10(3)8(6-12)5-11(9)4/h8,12H,5-7H2,1-4H3. The summed E-state index contributed by atoms with van der Waals surface area (Å²) in [6.07, 6.45) is 0. The maximum atomic E-state index is 9.08. The Hall–Kier alpha value is -0.120. The normalized spacial score (nSPS) is 32.2. The average molecular weight is 172 g/mol. The fourth-order valence-electron chi connectivity index (χ4n) is 1.76. The zero-order valence-electron chi connectivity index (χ0n) is 8.54. The van der Waals surface area contributed by atoms with Gasteiger partial charge in [-0.15, -0.1) is 0 Å². The van der Waals surface area contributed by atoms with Gasteiger partial charge in [-0.3, -0.25) is 9.80 Å². The van der Waals surface area contributed by atoms with Gasteiger partial charge >= 0.3 is 0 Å². The third-order valence-corrected chi connectivity index (χ3v) is 2.99. The second-order valence-corrected chi connectivity index (χ2v) is 4.44. The number of aliphatic hydroxyl groups excluding tert-OH is 1. The van der Waals surface area contributed by atoms with E-state index in [2.05, 4.69) is 37.7 Å². The number of piperazine rings is 1. The Morgan fingerprint density at radius 1 is 1.42 bits per heavy atom. The Bertz CT molecular complexity index is 159. The smallest absolute Gasteiger partial charge is 0.0599 e. The van der Waals surface area contributed by atoms with Gasteiger partial charge < -0.3 is 5.11 Å². The van der Waals surface area contributed by atoms with Crippen LogP contribution in [0.2, 0.25) is 0 Å². The van der Waals surface area contributed by atoms with Crippen LogP contribution < -0.4 is 0 Å². The van der Waals surface area contributed by atoms with Gasteiger partial charge in [0.25, 0.3) is 0 Å². The highest BCUT2D eigenvalue weighted by Gasteiger charge is 2.34. The molecule has 0 aromatic heterocycles. The van der Waals surface area contributed by atoms with E-state index in [-0.39, 0.29) is 12.1 Å². The molecule has 1 rings (SSSR count). The number of aliphatic hydroxyl groups is 1. The first kappa shape index (κ1) is 9.96. The van der Waals surface area contributed by atoms with E-state index in [9.17, 15) is 0 Å². The predicted octanol–water partition coefficient (Wildman–Crippen LogP) is 0.00310. The van der Waals surface area contributed by atoms with E-state index in [1.165, 1.54) is 0 Å². The fourth-order valence-corrected chi connectivity index (χ4v) is 1.76. The van der Waals surface area contributed by atoms with E-state index in [0.29, 0.717) is 6.04 Å². The zero-order valence-corrected chi connectivity index (χ0v) is 8.54. The van der Waals surface area contributed by atoms with Crippen LogP contribution in [-0.4, -0.2) is 60.3 Å². The van der Waals surface area contributed by atoms with Crippen LogP contribution in [0.25, 0.3) is 0 Å². The molecule has 1 unspecified atom stereocenters. The van der Waals surface area contributed by atoms with Crippen molar-refractivity contribution < 1.29 is 5.11 Å². The molecule has 1 heterocycles. The quantitative estimate of drug-likeness (QED) is 0.603. The largest absolute Gasteiger partial charge is 0.395 e. The Kier molecular flexibility index (Phi) is 2.76. The summed E-state index contributed by atoms with van der Waals surface area (Å²) in [5.41, 5.74) is 0.237. The van der Waals surface area contributed by atoms with Crippen LogP contribution in [0.5, 0.6) is 0 Å². The Morgan fingerprint density at radius 3 is 2.50 bits per heavy atom. The van der Waals surface area contributed by atoms with Crippen LogP contribution in [0, 0.1) is 0 Å². The molecule has 0 amide bonds. The molecule has 0 bridgehead atoms. The van der Waals surface area contributed by atoms with Gasteiger partial charge in [0.2, 0.25) is 0 Å². The van der Waals surface area contributed by atoms with Crippen molar-refractivity contribution in [3.8, 4) is 0 Å². The van der Waals surface area contributed by atoms with E-state index < -0.39 is 0 Å². The maximum Gasteiger partial charge on any atom is 0.0599 e. The van der Waals surface area contributed by atoms with Gasteiger partial charge in [0.05, 0.1) is 6.61 Å². The molecule has 1 fully saturated rings. The molecule has 1 aliphatic heterocycles. The van der Waals surface area contributed by atoms with Crippen molar-refractivity contribution in [2.75, 3.05) is 33.8 Å². The van der Waals surface area contributed by atoms with Gasteiger partial charge in [-0.05, 0) is 27.9 Å². The first-order valence-electron chi connectivity index (χ1n) is 4.49. The van der Waals surface area contributed by atoms with Crippen molar-refractivity contribution in [1.29, 1.82) is 0 Å². The molecule has 3 heteroatoms. The summed E-state index contributed by atoms with van der Waals surface area (Å²) in [6, 6.07) is 0.308. The number of likely N-dealkylation sites (N-methyl/N-ethyl adjacent to an activating group) is 2. The number of hydrogen-bond acceptors (Lipinski definition) is 3. The van der Waals surface area contributed by atoms with Gasteiger partial charge in [0, 0.05) is 24.7 Å². The van der Waals surface area contributed by atoms with Crippen LogP contribution in [0.1, 0.15) is 13.8 Å². The molecule has 12 heavy (non-hydrogen) atoms. The average Bonchev–Trinajstić information content (AvgIpc) is 1.96. The first-order chi connectivity index (χ1) is 5.47. The van der Waals surface area contributed by atoms with E-state index in [4.69, 9.17) is 5.11 Å². The van der Waals surface area contributed by atoms with Crippen molar-refractivity contribution in [3.63, 3.8) is 0 Å². The predicted molar refractivity (Wildman–Crippen MR) is 50.2 cm³/mol. The monoisotopic (exact) mass is 172 g/mol. The number of nitrogens with zero attached hydrogens (tertiary/aromatic N) is 2. The lowest BCUT2D eigenvalue weighted by Gasteiger charge is -2.48. The van der Waals surface area contributed by atoms with Gasteiger partial charge in [-0.25, -0.2) is 0 Å². The molecule has 1 N–H and O–H groups in total. The van der Waals surface area contributed by atoms with E-state index in [1.54, 1.807) is 0 Å². The van der Waals surface area contributed by atoms with E-state index in [1.807, 2.05) is 0 Å². The van der Waals surface area contributed by atoms with E-state index in [0.717, 1.165) is 13.1 Å². The third-order valence-electron chi connectivity index (χ3n) is 2.99. The van der Waals surface area contributed by atoms with Crippen LogP contribution >= 0.6 is 0 Å². The summed E-state index contributed by atoms with van der Waals surface area (Å²) in [4.78, 5) is 4.55. The summed E-state index contributed by atoms with van der Waals surface area (Å²) in [7, 11) is 4.20. The van der Waals surface area contributed by atoms with Crippen molar-refractivity contribution in [3.05, 3.63) is 0 Å². The Morgan fingerprint density at radius 2 is 2.00 bits per heavy atom. The lowest BCUT2D eigenvalue weighted by molar-refractivity contribution is -0.00655. The summed E-state index contributed by atoms with van der Waals surface area (Å²) >= 11 is 0. The topological polar surface area (TPSA) is 26.7 Å². The molecule has 0 aliphatic carbocycles. The van der Waals surface area contributed by atoms with Crippen LogP contribution in [-0.2, 0) is 0 Å². The summed E-state index contributed by atoms with van der Waals surface area (Å²) < 4.78 is 0. The molecular weight excluding hydrogens is 152 g/mol. The molecule has 0 spiro atoms. The van der Waals surface area contributed by atoms with E-state index >= 15 is 0 Å². The second kappa shape index (κ2) is 3.32. The minimum Gasteiger partial charge on any atom is -0.395 e. The third kappa shape index (κ3) is 1.79. The molecule has 1 atom stereocenters. The summed E-state index contributed by atoms with van der Waals surface area (Å²) in [5.74, 6) is 0. The Labute approximate surface area is 75.0 Å². The van der Waals surface area contributed by atoms with Crippen molar-refractivity contribution >= 4 is 0 Å². The second-order valence-electron chi connectivity index (χ2n) is 4.44. The molecule has 3 nitrogen and oxygen atoms in total. The minimum absolute atomic E-state index is 0.237. The van der Waals surface area contributed by atoms with Gasteiger partial charge in [-0.1, -0.05) is 0 Å². The lowest BCUT2D eigenvalue weighted by Crippen LogP contribution is -2.61. The van der Waals surface area contributed by atoms with Gasteiger partial charge in [-0.2, -0.15) is 0 Å². The first-order valence-corrected chi connectivity index (χ1v) is 4.49. The number of hydrogen-bond donors (Lipinski definition) is 1. The SMILES string of the molecule is CN1CC(C)(C)N(C)CC1CO. The molecule has 0 aromatic carbocycles. The Balaban J connectivity index is 2.62. The highest BCUT2D eigenvalue weighted by Crippen LogP contribution is 2.20. The van der Waals surface area contributed by atoms with Gasteiger partial charge in [0.15, 0.2) is 0 Å². The lowest BCUT2D eigenvalue weighted by atomic mass is 9.97. The number of rotatable bonds is 1. The van der Waals surface area contributed by atoms with Crippen molar-refractivity contribution in [2.45, 2.75) is 25.4 Å². The summed E-state index contributed by atoms with van der Waals surface area (Å²) in [6.45, 7) is 6.71. The van der Waals surface area contributed by atoms with Gasteiger partial charge in [0.1, 0.15) is 0 Å². The molecule has 0 aromatic rings. The maximum absolute atomic E-state index is 9.08. The van der Waals surface area contributed by atoms with Crippen LogP contribution in [0.3, 0.4) is 0 Å². The minimum atomic E-state index is 0.237. The molecule has 1 saturated heterocycles. The molecule has 1 aliphatic rings. The fraction of sp³-hybridized carbons (Fsp3) is 1.00. The van der Waals surface area contributed by atoms with Crippen molar-refractivity contribution in [1.82, 2.24) is 9.80 Å². The molecule has 0 saturated carbocycles.